The summed E-state index contributed by atoms with van der Waals surface area (Å²) in [4.78, 5) is 23.2. The Morgan fingerprint density at radius 1 is 1.42 bits per heavy atom. The maximum Gasteiger partial charge on any atom is 0.354 e. The van der Waals surface area contributed by atoms with Crippen LogP contribution in [0.25, 0.3) is 0 Å². The van der Waals surface area contributed by atoms with Crippen LogP contribution in [0.15, 0.2) is 16.7 Å². The van der Waals surface area contributed by atoms with Crippen molar-refractivity contribution in [2.45, 2.75) is 39.8 Å². The maximum atomic E-state index is 12.2. The van der Waals surface area contributed by atoms with E-state index in [1.54, 1.807) is 6.92 Å². The van der Waals surface area contributed by atoms with E-state index >= 15 is 0 Å². The number of carbonyl (C=O) groups is 2. The van der Waals surface area contributed by atoms with Gasteiger partial charge in [0.25, 0.3) is 0 Å². The van der Waals surface area contributed by atoms with Crippen molar-refractivity contribution in [1.82, 2.24) is 24.9 Å². The first-order chi connectivity index (χ1) is 11.3. The first kappa shape index (κ1) is 18.2. The predicted molar refractivity (Wildman–Crippen MR) is 90.9 cm³/mol. The Morgan fingerprint density at radius 2 is 2.12 bits per heavy atom. The minimum atomic E-state index is -1.11. The molecule has 8 nitrogen and oxygen atoms in total. The van der Waals surface area contributed by atoms with Gasteiger partial charge in [-0.2, -0.15) is 10.2 Å². The molecular weight excluding hydrogens is 378 g/mol. The summed E-state index contributed by atoms with van der Waals surface area (Å²) in [7, 11) is 0. The molecule has 0 aliphatic heterocycles. The maximum absolute atomic E-state index is 12.2. The van der Waals surface area contributed by atoms with Crippen LogP contribution < -0.4 is 5.32 Å². The van der Waals surface area contributed by atoms with Crippen LogP contribution in [0.1, 0.15) is 41.3 Å². The summed E-state index contributed by atoms with van der Waals surface area (Å²) < 4.78 is 4.10. The molecule has 0 aromatic carbocycles. The number of hydrogen-bond acceptors (Lipinski definition) is 4. The Kier molecular flexibility index (Phi) is 5.76. The lowest BCUT2D eigenvalue weighted by Gasteiger charge is -2.14. The van der Waals surface area contributed by atoms with Crippen molar-refractivity contribution in [2.24, 2.45) is 0 Å². The number of halogens is 1. The monoisotopic (exact) mass is 397 g/mol. The summed E-state index contributed by atoms with van der Waals surface area (Å²) in [6.07, 6.45) is 2.09. The van der Waals surface area contributed by atoms with Gasteiger partial charge in [-0.1, -0.05) is 0 Å². The largest absolute Gasteiger partial charge is 0.477 e. The normalized spacial score (nSPS) is 12.2. The Hall–Kier alpha value is -2.16. The quantitative estimate of drug-likeness (QED) is 0.694. The number of amides is 1. The van der Waals surface area contributed by atoms with E-state index < -0.39 is 12.0 Å². The molecule has 2 aromatic heterocycles. The Labute approximate surface area is 148 Å². The minimum absolute atomic E-state index is 0.00913. The highest BCUT2D eigenvalue weighted by atomic mass is 79.9. The lowest BCUT2D eigenvalue weighted by Crippen LogP contribution is -2.33. The molecule has 1 amide bonds. The van der Waals surface area contributed by atoms with Crippen LogP contribution in [0.3, 0.4) is 0 Å². The second-order valence-electron chi connectivity index (χ2n) is 5.49. The third-order valence-corrected chi connectivity index (χ3v) is 4.92. The molecule has 1 unspecified atom stereocenters. The van der Waals surface area contributed by atoms with Gasteiger partial charge in [0.2, 0.25) is 5.91 Å². The number of aryl methyl sites for hydroxylation is 2. The topological polar surface area (TPSA) is 102 Å². The lowest BCUT2D eigenvalue weighted by molar-refractivity contribution is -0.124. The van der Waals surface area contributed by atoms with E-state index in [2.05, 4.69) is 31.4 Å². The van der Waals surface area contributed by atoms with Crippen LogP contribution in [-0.2, 0) is 11.3 Å². The fourth-order valence-corrected chi connectivity index (χ4v) is 2.67. The van der Waals surface area contributed by atoms with Crippen LogP contribution >= 0.6 is 15.9 Å². The third-order valence-electron chi connectivity index (χ3n) is 3.77. The molecule has 0 spiro atoms. The van der Waals surface area contributed by atoms with Gasteiger partial charge in [0.05, 0.1) is 10.2 Å². The molecule has 0 bridgehead atoms. The van der Waals surface area contributed by atoms with E-state index in [0.29, 0.717) is 13.1 Å². The summed E-state index contributed by atoms with van der Waals surface area (Å²) in [5, 5.41) is 20.2. The van der Waals surface area contributed by atoms with Gasteiger partial charge in [-0.3, -0.25) is 9.48 Å². The summed E-state index contributed by atoms with van der Waals surface area (Å²) in [5.41, 5.74) is 1.98. The number of aromatic nitrogens is 4. The van der Waals surface area contributed by atoms with Crippen LogP contribution in [0.2, 0.25) is 0 Å². The van der Waals surface area contributed by atoms with Crippen LogP contribution in [0.5, 0.6) is 0 Å². The van der Waals surface area contributed by atoms with Gasteiger partial charge < -0.3 is 10.4 Å². The standard InChI is InChI=1S/C15H20BrN5O3/c1-9-13(16)10(2)20(19-9)8-4-6-17-14(22)11(3)21-12(15(23)24)5-7-18-21/h5,7,11H,4,6,8H2,1-3H3,(H,17,22)(H,23,24). The number of carbonyl (C=O) groups excluding carboxylic acids is 1. The van der Waals surface area contributed by atoms with Gasteiger partial charge in [-0.15, -0.1) is 0 Å². The fourth-order valence-electron chi connectivity index (χ4n) is 2.38. The van der Waals surface area contributed by atoms with Crippen molar-refractivity contribution in [1.29, 1.82) is 0 Å². The van der Waals surface area contributed by atoms with Crippen LogP contribution in [0, 0.1) is 13.8 Å². The smallest absolute Gasteiger partial charge is 0.354 e. The van der Waals surface area contributed by atoms with Gasteiger partial charge in [0, 0.05) is 25.0 Å². The zero-order valence-corrected chi connectivity index (χ0v) is 15.4. The zero-order chi connectivity index (χ0) is 17.9. The molecule has 0 radical (unpaired) electrons. The van der Waals surface area contributed by atoms with Crippen molar-refractivity contribution in [3.05, 3.63) is 33.8 Å². The van der Waals surface area contributed by atoms with E-state index in [1.165, 1.54) is 16.9 Å². The molecule has 2 heterocycles. The highest BCUT2D eigenvalue weighted by Crippen LogP contribution is 2.19. The highest BCUT2D eigenvalue weighted by Gasteiger charge is 2.20. The van der Waals surface area contributed by atoms with E-state index in [0.717, 1.165) is 22.3 Å². The first-order valence-electron chi connectivity index (χ1n) is 7.57. The van der Waals surface area contributed by atoms with Crippen LogP contribution in [-0.4, -0.2) is 43.1 Å². The summed E-state index contributed by atoms with van der Waals surface area (Å²) in [6.45, 7) is 6.70. The zero-order valence-electron chi connectivity index (χ0n) is 13.8. The molecule has 2 aromatic rings. The van der Waals surface area contributed by atoms with Gasteiger partial charge in [-0.05, 0) is 49.2 Å². The summed E-state index contributed by atoms with van der Waals surface area (Å²) in [5.74, 6) is -1.38. The molecule has 0 saturated carbocycles. The molecule has 0 saturated heterocycles. The SMILES string of the molecule is Cc1nn(CCCNC(=O)C(C)n2nccc2C(=O)O)c(C)c1Br. The van der Waals surface area contributed by atoms with Crippen LogP contribution in [0.4, 0.5) is 0 Å². The number of carboxylic acids is 1. The molecule has 0 fully saturated rings. The van der Waals surface area contributed by atoms with Crippen molar-refractivity contribution in [2.75, 3.05) is 6.54 Å². The molecule has 2 rings (SSSR count). The van der Waals surface area contributed by atoms with Crippen molar-refractivity contribution < 1.29 is 14.7 Å². The Morgan fingerprint density at radius 3 is 2.71 bits per heavy atom. The predicted octanol–water partition coefficient (Wildman–Crippen LogP) is 1.92. The average molecular weight is 398 g/mol. The molecule has 0 aliphatic rings. The van der Waals surface area contributed by atoms with E-state index in [-0.39, 0.29) is 11.6 Å². The molecule has 1 atom stereocenters. The highest BCUT2D eigenvalue weighted by molar-refractivity contribution is 9.10. The number of carboxylic acid groups (broad SMARTS) is 1. The molecule has 130 valence electrons. The number of nitrogens with one attached hydrogen (secondary N) is 1. The molecule has 0 aliphatic carbocycles. The van der Waals surface area contributed by atoms with Gasteiger partial charge in [0.1, 0.15) is 11.7 Å². The lowest BCUT2D eigenvalue weighted by atomic mass is 10.3. The number of hydrogen-bond donors (Lipinski definition) is 2. The van der Waals surface area contributed by atoms with Crippen molar-refractivity contribution in [3.8, 4) is 0 Å². The Balaban J connectivity index is 1.85. The number of aromatic carboxylic acids is 1. The molecular formula is C15H20BrN5O3. The van der Waals surface area contributed by atoms with Gasteiger partial charge in [-0.25, -0.2) is 9.48 Å². The minimum Gasteiger partial charge on any atom is -0.477 e. The second-order valence-corrected chi connectivity index (χ2v) is 6.29. The summed E-state index contributed by atoms with van der Waals surface area (Å²) >= 11 is 3.48. The average Bonchev–Trinajstić information content (AvgIpc) is 3.12. The Bertz CT molecular complexity index is 752. The number of rotatable bonds is 7. The van der Waals surface area contributed by atoms with Crippen molar-refractivity contribution in [3.63, 3.8) is 0 Å². The van der Waals surface area contributed by atoms with Gasteiger partial charge >= 0.3 is 5.97 Å². The van der Waals surface area contributed by atoms with Gasteiger partial charge in [0.15, 0.2) is 0 Å². The van der Waals surface area contributed by atoms with E-state index in [4.69, 9.17) is 5.11 Å². The molecule has 9 heteroatoms. The summed E-state index contributed by atoms with van der Waals surface area (Å²) in [6, 6.07) is 0.682. The third kappa shape index (κ3) is 3.84. The molecule has 2 N–H and O–H groups in total. The van der Waals surface area contributed by atoms with Crippen molar-refractivity contribution >= 4 is 27.8 Å². The van der Waals surface area contributed by atoms with E-state index in [1.807, 2.05) is 18.5 Å². The number of nitrogens with zero attached hydrogens (tertiary/aromatic N) is 4. The molecule has 24 heavy (non-hydrogen) atoms. The fraction of sp³-hybridized carbons (Fsp3) is 0.467. The second kappa shape index (κ2) is 7.61. The first-order valence-corrected chi connectivity index (χ1v) is 8.36. The van der Waals surface area contributed by atoms with E-state index in [9.17, 15) is 9.59 Å².